The van der Waals surface area contributed by atoms with Gasteiger partial charge in [-0.05, 0) is 42.5 Å². The molecule has 2 N–H and O–H groups in total. The average molecular weight is 407 g/mol. The van der Waals surface area contributed by atoms with Crippen LogP contribution in [0.15, 0.2) is 46.9 Å². The molecule has 2 aromatic carbocycles. The van der Waals surface area contributed by atoms with Crippen molar-refractivity contribution in [3.05, 3.63) is 52.8 Å². The van der Waals surface area contributed by atoms with Gasteiger partial charge in [-0.3, -0.25) is 4.79 Å². The van der Waals surface area contributed by atoms with Crippen LogP contribution in [0.2, 0.25) is 0 Å². The SMILES string of the molecule is O=C(CNc1ccc(Br)cc1F)Nc1ccc(OC(F)(F)F)cc1. The van der Waals surface area contributed by atoms with Gasteiger partial charge in [0.05, 0.1) is 12.2 Å². The third-order valence-electron chi connectivity index (χ3n) is 2.74. The van der Waals surface area contributed by atoms with Gasteiger partial charge in [-0.25, -0.2) is 4.39 Å². The summed E-state index contributed by atoms with van der Waals surface area (Å²) in [6, 6.07) is 9.01. The highest BCUT2D eigenvalue weighted by Gasteiger charge is 2.30. The quantitative estimate of drug-likeness (QED) is 0.716. The first-order valence-corrected chi connectivity index (χ1v) is 7.37. The van der Waals surface area contributed by atoms with Gasteiger partial charge in [-0.15, -0.1) is 13.2 Å². The van der Waals surface area contributed by atoms with Crippen LogP contribution in [0.3, 0.4) is 0 Å². The third-order valence-corrected chi connectivity index (χ3v) is 3.24. The van der Waals surface area contributed by atoms with E-state index >= 15 is 0 Å². The van der Waals surface area contributed by atoms with E-state index in [1.165, 1.54) is 24.3 Å². The number of hydrogen-bond acceptors (Lipinski definition) is 3. The molecule has 0 aromatic heterocycles. The van der Waals surface area contributed by atoms with E-state index in [1.54, 1.807) is 6.07 Å². The minimum atomic E-state index is -4.77. The zero-order valence-corrected chi connectivity index (χ0v) is 13.5. The molecular weight excluding hydrogens is 396 g/mol. The lowest BCUT2D eigenvalue weighted by atomic mass is 10.3. The number of carbonyl (C=O) groups is 1. The van der Waals surface area contributed by atoms with Crippen LogP contribution in [0.5, 0.6) is 5.75 Å². The van der Waals surface area contributed by atoms with Crippen molar-refractivity contribution >= 4 is 33.2 Å². The van der Waals surface area contributed by atoms with Crippen molar-refractivity contribution in [2.45, 2.75) is 6.36 Å². The minimum absolute atomic E-state index is 0.155. The Morgan fingerprint density at radius 3 is 2.38 bits per heavy atom. The lowest BCUT2D eigenvalue weighted by Crippen LogP contribution is -2.22. The first-order chi connectivity index (χ1) is 11.2. The predicted octanol–water partition coefficient (Wildman–Crippen LogP) is 4.54. The summed E-state index contributed by atoms with van der Waals surface area (Å²) < 4.78 is 54.0. The second kappa shape index (κ2) is 7.52. The van der Waals surface area contributed by atoms with Crippen LogP contribution in [0.4, 0.5) is 28.9 Å². The van der Waals surface area contributed by atoms with Gasteiger partial charge < -0.3 is 15.4 Å². The summed E-state index contributed by atoms with van der Waals surface area (Å²) in [5.41, 5.74) is 0.440. The molecule has 0 fully saturated rings. The summed E-state index contributed by atoms with van der Waals surface area (Å²) in [5.74, 6) is -1.40. The van der Waals surface area contributed by atoms with Crippen LogP contribution in [0.1, 0.15) is 0 Å². The fraction of sp³-hybridized carbons (Fsp3) is 0.133. The Bertz CT molecular complexity index is 720. The molecule has 0 aliphatic carbocycles. The molecule has 0 aliphatic rings. The minimum Gasteiger partial charge on any atom is -0.406 e. The number of anilines is 2. The fourth-order valence-corrected chi connectivity index (χ4v) is 2.09. The zero-order chi connectivity index (χ0) is 17.7. The third kappa shape index (κ3) is 5.73. The van der Waals surface area contributed by atoms with Gasteiger partial charge in [0.1, 0.15) is 11.6 Å². The second-order valence-corrected chi connectivity index (χ2v) is 5.51. The van der Waals surface area contributed by atoms with Crippen molar-refractivity contribution < 1.29 is 27.1 Å². The highest BCUT2D eigenvalue weighted by molar-refractivity contribution is 9.10. The van der Waals surface area contributed by atoms with Crippen LogP contribution in [-0.4, -0.2) is 18.8 Å². The standard InChI is InChI=1S/C15H11BrF4N2O2/c16-9-1-6-13(12(17)7-9)21-8-14(23)22-10-2-4-11(5-3-10)24-15(18,19)20/h1-7,21H,8H2,(H,22,23). The maximum absolute atomic E-state index is 13.6. The highest BCUT2D eigenvalue weighted by atomic mass is 79.9. The highest BCUT2D eigenvalue weighted by Crippen LogP contribution is 2.24. The number of benzene rings is 2. The van der Waals surface area contributed by atoms with Gasteiger partial charge in [-0.2, -0.15) is 0 Å². The number of ether oxygens (including phenoxy) is 1. The van der Waals surface area contributed by atoms with E-state index in [0.29, 0.717) is 4.47 Å². The number of halogens is 5. The molecule has 0 radical (unpaired) electrons. The molecule has 0 spiro atoms. The van der Waals surface area contributed by atoms with Crippen molar-refractivity contribution in [3.63, 3.8) is 0 Å². The Morgan fingerprint density at radius 2 is 1.79 bits per heavy atom. The van der Waals surface area contributed by atoms with Crippen LogP contribution < -0.4 is 15.4 Å². The van der Waals surface area contributed by atoms with Crippen molar-refractivity contribution in [1.29, 1.82) is 0 Å². The number of nitrogens with one attached hydrogen (secondary N) is 2. The first-order valence-electron chi connectivity index (χ1n) is 6.57. The molecule has 0 unspecified atom stereocenters. The molecular formula is C15H11BrF4N2O2. The molecule has 0 aliphatic heterocycles. The van der Waals surface area contributed by atoms with Crippen LogP contribution >= 0.6 is 15.9 Å². The van der Waals surface area contributed by atoms with Crippen LogP contribution in [-0.2, 0) is 4.79 Å². The average Bonchev–Trinajstić information content (AvgIpc) is 2.47. The van der Waals surface area contributed by atoms with E-state index in [4.69, 9.17) is 0 Å². The van der Waals surface area contributed by atoms with Crippen molar-refractivity contribution in [2.75, 3.05) is 17.2 Å². The molecule has 0 atom stereocenters. The van der Waals surface area contributed by atoms with Gasteiger partial charge in [0.15, 0.2) is 0 Å². The second-order valence-electron chi connectivity index (χ2n) is 4.60. The lowest BCUT2D eigenvalue weighted by Gasteiger charge is -2.11. The molecule has 2 rings (SSSR count). The summed E-state index contributed by atoms with van der Waals surface area (Å²) in [5, 5.41) is 5.08. The molecule has 0 saturated carbocycles. The van der Waals surface area contributed by atoms with E-state index in [2.05, 4.69) is 31.3 Å². The number of carbonyl (C=O) groups excluding carboxylic acids is 1. The number of alkyl halides is 3. The van der Waals surface area contributed by atoms with Crippen LogP contribution in [0.25, 0.3) is 0 Å². The molecule has 4 nitrogen and oxygen atoms in total. The van der Waals surface area contributed by atoms with E-state index in [9.17, 15) is 22.4 Å². The lowest BCUT2D eigenvalue weighted by molar-refractivity contribution is -0.274. The normalized spacial score (nSPS) is 11.0. The largest absolute Gasteiger partial charge is 0.573 e. The summed E-state index contributed by atoms with van der Waals surface area (Å²) in [4.78, 5) is 11.8. The van der Waals surface area contributed by atoms with Crippen molar-refractivity contribution in [1.82, 2.24) is 0 Å². The van der Waals surface area contributed by atoms with E-state index in [1.807, 2.05) is 0 Å². The van der Waals surface area contributed by atoms with Gasteiger partial charge in [-0.1, -0.05) is 15.9 Å². The molecule has 24 heavy (non-hydrogen) atoms. The molecule has 0 bridgehead atoms. The first kappa shape index (κ1) is 18.1. The van der Waals surface area contributed by atoms with Gasteiger partial charge >= 0.3 is 6.36 Å². The maximum atomic E-state index is 13.6. The molecule has 0 heterocycles. The summed E-state index contributed by atoms with van der Waals surface area (Å²) in [6.45, 7) is -0.209. The maximum Gasteiger partial charge on any atom is 0.573 e. The molecule has 2 aromatic rings. The smallest absolute Gasteiger partial charge is 0.406 e. The number of hydrogen-bond donors (Lipinski definition) is 2. The molecule has 9 heteroatoms. The Morgan fingerprint density at radius 1 is 1.12 bits per heavy atom. The van der Waals surface area contributed by atoms with E-state index < -0.39 is 23.8 Å². The Balaban J connectivity index is 1.88. The van der Waals surface area contributed by atoms with Crippen molar-refractivity contribution in [2.24, 2.45) is 0 Å². The Hall–Kier alpha value is -2.29. The van der Waals surface area contributed by atoms with Gasteiger partial charge in [0.25, 0.3) is 0 Å². The Kier molecular flexibility index (Phi) is 5.66. The van der Waals surface area contributed by atoms with E-state index in [0.717, 1.165) is 12.1 Å². The summed E-state index contributed by atoms with van der Waals surface area (Å²) in [7, 11) is 0. The van der Waals surface area contributed by atoms with Gasteiger partial charge in [0, 0.05) is 10.2 Å². The monoisotopic (exact) mass is 406 g/mol. The van der Waals surface area contributed by atoms with E-state index in [-0.39, 0.29) is 17.9 Å². The fourth-order valence-electron chi connectivity index (χ4n) is 1.75. The number of amides is 1. The Labute approximate surface area is 142 Å². The number of rotatable bonds is 5. The van der Waals surface area contributed by atoms with Crippen LogP contribution in [0, 0.1) is 5.82 Å². The van der Waals surface area contributed by atoms with Crippen molar-refractivity contribution in [3.8, 4) is 5.75 Å². The zero-order valence-electron chi connectivity index (χ0n) is 12.0. The topological polar surface area (TPSA) is 50.4 Å². The molecule has 0 saturated heterocycles. The van der Waals surface area contributed by atoms with Gasteiger partial charge in [0.2, 0.25) is 5.91 Å². The molecule has 1 amide bonds. The summed E-state index contributed by atoms with van der Waals surface area (Å²) in [6.07, 6.45) is -4.77. The summed E-state index contributed by atoms with van der Waals surface area (Å²) >= 11 is 3.12. The predicted molar refractivity (Wildman–Crippen MR) is 84.3 cm³/mol. The molecule has 128 valence electrons.